The third-order valence-electron chi connectivity index (χ3n) is 9.76. The fourth-order valence-electron chi connectivity index (χ4n) is 7.28. The summed E-state index contributed by atoms with van der Waals surface area (Å²) in [6.45, 7) is -0.0680. The van der Waals surface area contributed by atoms with E-state index in [4.69, 9.17) is 4.74 Å². The van der Waals surface area contributed by atoms with Crippen molar-refractivity contribution in [3.8, 4) is 0 Å². The van der Waals surface area contributed by atoms with Crippen molar-refractivity contribution < 1.29 is 38.3 Å². The number of ketones is 2. The van der Waals surface area contributed by atoms with E-state index >= 15 is 0 Å². The fourth-order valence-corrected chi connectivity index (χ4v) is 9.58. The minimum absolute atomic E-state index is 0.0336. The largest absolute Gasteiger partial charge is 0.462 e. The number of carbonyl (C=O) groups excluding carboxylic acids is 7. The molecule has 260 valence electrons. The predicted octanol–water partition coefficient (Wildman–Crippen LogP) is 5.96. The van der Waals surface area contributed by atoms with Crippen molar-refractivity contribution in [2.45, 2.75) is 12.3 Å². The molecule has 9 rings (SSSR count). The number of Topliss-reactive ketones (excluding diaryl/α,β-unsaturated/α-hetero) is 2. The van der Waals surface area contributed by atoms with E-state index in [0.717, 1.165) is 26.7 Å². The Kier molecular flexibility index (Phi) is 7.86. The molecule has 11 nitrogen and oxygen atoms in total. The van der Waals surface area contributed by atoms with E-state index in [1.807, 2.05) is 12.1 Å². The van der Waals surface area contributed by atoms with Gasteiger partial charge in [0.2, 0.25) is 0 Å². The highest BCUT2D eigenvalue weighted by molar-refractivity contribution is 8.11. The lowest BCUT2D eigenvalue weighted by Gasteiger charge is -2.27. The number of aromatic nitrogens is 1. The number of benzene rings is 4. The molecule has 0 bridgehead atoms. The Balaban J connectivity index is 0.902. The summed E-state index contributed by atoms with van der Waals surface area (Å²) in [7, 11) is 0. The normalized spacial score (nSPS) is 18.1. The van der Waals surface area contributed by atoms with Crippen molar-refractivity contribution in [3.63, 3.8) is 0 Å². The molecule has 0 saturated carbocycles. The first-order chi connectivity index (χ1) is 25.7. The molecule has 53 heavy (non-hydrogen) atoms. The van der Waals surface area contributed by atoms with Crippen LogP contribution in [0.5, 0.6) is 0 Å². The fraction of sp³-hybridized carbons (Fsp3) is 0.150. The number of carbonyl (C=O) groups is 7. The summed E-state index contributed by atoms with van der Waals surface area (Å²) in [6, 6.07) is 23.1. The van der Waals surface area contributed by atoms with E-state index < -0.39 is 47.1 Å². The highest BCUT2D eigenvalue weighted by Crippen LogP contribution is 2.44. The molecule has 4 heterocycles. The van der Waals surface area contributed by atoms with Crippen molar-refractivity contribution in [2.24, 2.45) is 0 Å². The predicted molar refractivity (Wildman–Crippen MR) is 198 cm³/mol. The average molecular weight is 740 g/mol. The van der Waals surface area contributed by atoms with E-state index in [0.29, 0.717) is 37.2 Å². The monoisotopic (exact) mass is 739 g/mol. The number of pyridine rings is 1. The number of ether oxygens (including phenoxy) is 1. The van der Waals surface area contributed by atoms with Gasteiger partial charge in [0.05, 0.1) is 38.9 Å². The lowest BCUT2D eigenvalue weighted by Crippen LogP contribution is -2.41. The van der Waals surface area contributed by atoms with Gasteiger partial charge in [-0.05, 0) is 54.3 Å². The molecule has 13 heteroatoms. The molecule has 0 N–H and O–H groups in total. The Bertz CT molecular complexity index is 2520. The van der Waals surface area contributed by atoms with Crippen LogP contribution in [0, 0.1) is 0 Å². The number of imide groups is 2. The molecule has 4 aromatic carbocycles. The molecule has 1 unspecified atom stereocenters. The lowest BCUT2D eigenvalue weighted by atomic mass is 9.94. The molecular formula is C40H25N3O8S2. The van der Waals surface area contributed by atoms with E-state index in [9.17, 15) is 33.6 Å². The van der Waals surface area contributed by atoms with Gasteiger partial charge in [0, 0.05) is 51.1 Å². The van der Waals surface area contributed by atoms with Crippen molar-refractivity contribution in [1.82, 2.24) is 9.88 Å². The number of amides is 4. The van der Waals surface area contributed by atoms with Crippen LogP contribution in [-0.4, -0.2) is 75.7 Å². The summed E-state index contributed by atoms with van der Waals surface area (Å²) in [5, 5.41) is 2.06. The molecule has 0 fully saturated rings. The van der Waals surface area contributed by atoms with Gasteiger partial charge in [-0.1, -0.05) is 42.5 Å². The topological polar surface area (TPSA) is 148 Å². The lowest BCUT2D eigenvalue weighted by molar-refractivity contribution is -0.120. The van der Waals surface area contributed by atoms with Crippen LogP contribution in [0.2, 0.25) is 0 Å². The molecular weight excluding hydrogens is 715 g/mol. The Morgan fingerprint density at radius 1 is 0.698 bits per heavy atom. The van der Waals surface area contributed by atoms with Gasteiger partial charge in [-0.2, -0.15) is 0 Å². The second-order valence-corrected chi connectivity index (χ2v) is 15.0. The Labute approximate surface area is 309 Å². The minimum Gasteiger partial charge on any atom is -0.462 e. The zero-order valence-electron chi connectivity index (χ0n) is 27.6. The minimum atomic E-state index is -1.29. The zero-order chi connectivity index (χ0) is 36.5. The number of hydrogen-bond acceptors (Lipinski definition) is 11. The first-order valence-corrected chi connectivity index (χ1v) is 18.8. The van der Waals surface area contributed by atoms with Gasteiger partial charge >= 0.3 is 5.97 Å². The first-order valence-electron chi connectivity index (χ1n) is 16.8. The quantitative estimate of drug-likeness (QED) is 0.0843. The van der Waals surface area contributed by atoms with Crippen molar-refractivity contribution >= 4 is 92.1 Å². The molecule has 1 aromatic heterocycles. The third kappa shape index (κ3) is 5.13. The molecule has 1 atom stereocenters. The van der Waals surface area contributed by atoms with Crippen LogP contribution in [0.25, 0.3) is 21.7 Å². The number of thioether (sulfide) groups is 2. The molecule has 4 amide bonds. The summed E-state index contributed by atoms with van der Waals surface area (Å²) < 4.78 is 5.45. The number of para-hydroxylation sites is 1. The summed E-state index contributed by atoms with van der Waals surface area (Å²) in [4.78, 5) is 101. The highest BCUT2D eigenvalue weighted by Gasteiger charge is 2.44. The van der Waals surface area contributed by atoms with Gasteiger partial charge in [0.25, 0.3) is 23.6 Å². The second-order valence-electron chi connectivity index (χ2n) is 12.8. The zero-order valence-corrected chi connectivity index (χ0v) is 29.3. The molecule has 5 aromatic rings. The van der Waals surface area contributed by atoms with Crippen LogP contribution >= 0.6 is 23.5 Å². The maximum Gasteiger partial charge on any atom is 0.338 e. The SMILES string of the molecule is O=C(OCCCN1C(=O)c2cccc3cccc(c23)C1=O)c1ccc2c(c1)C(=O)C(c1ccc3cccc(N4C(=O)C5=C(SCCS5)C4=O)c3n1)C2=O. The van der Waals surface area contributed by atoms with E-state index in [1.165, 1.54) is 41.7 Å². The Morgan fingerprint density at radius 2 is 1.34 bits per heavy atom. The molecule has 3 aliphatic heterocycles. The van der Waals surface area contributed by atoms with Gasteiger partial charge in [0.1, 0.15) is 5.92 Å². The number of nitrogens with zero attached hydrogens (tertiary/aromatic N) is 3. The second kappa shape index (κ2) is 12.6. The highest BCUT2D eigenvalue weighted by atomic mass is 32.2. The number of rotatable bonds is 7. The van der Waals surface area contributed by atoms with Crippen LogP contribution in [0.4, 0.5) is 5.69 Å². The number of hydrogen-bond donors (Lipinski definition) is 0. The van der Waals surface area contributed by atoms with Crippen LogP contribution in [0.1, 0.15) is 69.8 Å². The standard InChI is InChI=1S/C40H25N3O8S2/c44-32-23-13-11-22(40(50)51-16-4-15-42-36(46)24-8-1-5-20-6-2-9-25(29(20)24)37(42)47)19-26(23)33(45)30(32)27-14-12-21-7-3-10-28(31(21)41-27)43-38(48)34-35(39(43)49)53-18-17-52-34/h1-3,5-14,19,30H,4,15-18H2. The van der Waals surface area contributed by atoms with Gasteiger partial charge in [0.15, 0.2) is 11.6 Å². The molecule has 4 aliphatic rings. The summed E-state index contributed by atoms with van der Waals surface area (Å²) in [5.41, 5.74) is 1.86. The van der Waals surface area contributed by atoms with Crippen LogP contribution in [0.15, 0.2) is 94.7 Å². The molecule has 0 spiro atoms. The van der Waals surface area contributed by atoms with E-state index in [-0.39, 0.29) is 47.6 Å². The Morgan fingerprint density at radius 3 is 2.04 bits per heavy atom. The summed E-state index contributed by atoms with van der Waals surface area (Å²) in [5.74, 6) is -3.27. The molecule has 0 saturated heterocycles. The maximum absolute atomic E-state index is 13.8. The maximum atomic E-state index is 13.8. The van der Waals surface area contributed by atoms with Crippen LogP contribution in [0.3, 0.4) is 0 Å². The van der Waals surface area contributed by atoms with Crippen LogP contribution in [-0.2, 0) is 14.3 Å². The van der Waals surface area contributed by atoms with Crippen LogP contribution < -0.4 is 4.90 Å². The van der Waals surface area contributed by atoms with Crippen molar-refractivity contribution in [3.05, 3.63) is 128 Å². The van der Waals surface area contributed by atoms with E-state index in [1.54, 1.807) is 54.6 Å². The smallest absolute Gasteiger partial charge is 0.338 e. The summed E-state index contributed by atoms with van der Waals surface area (Å²) >= 11 is 2.71. The van der Waals surface area contributed by atoms with Gasteiger partial charge in [-0.15, -0.1) is 23.5 Å². The number of anilines is 1. The van der Waals surface area contributed by atoms with Crippen molar-refractivity contribution in [1.29, 1.82) is 0 Å². The summed E-state index contributed by atoms with van der Waals surface area (Å²) in [6.07, 6.45) is 0.187. The Hall–Kier alpha value is -5.92. The van der Waals surface area contributed by atoms with E-state index in [2.05, 4.69) is 4.98 Å². The van der Waals surface area contributed by atoms with Gasteiger partial charge in [-0.3, -0.25) is 33.7 Å². The average Bonchev–Trinajstić information content (AvgIpc) is 3.59. The van der Waals surface area contributed by atoms with Gasteiger partial charge < -0.3 is 4.74 Å². The number of esters is 1. The molecule has 1 aliphatic carbocycles. The first kappa shape index (κ1) is 33.0. The molecule has 0 radical (unpaired) electrons. The number of fused-ring (bicyclic) bond motifs is 2. The van der Waals surface area contributed by atoms with Crippen molar-refractivity contribution in [2.75, 3.05) is 29.6 Å². The van der Waals surface area contributed by atoms with Gasteiger partial charge in [-0.25, -0.2) is 14.7 Å². The third-order valence-corrected chi connectivity index (χ3v) is 12.3.